The maximum absolute atomic E-state index is 12.5. The minimum Gasteiger partial charge on any atom is -0.349 e. The van der Waals surface area contributed by atoms with Crippen LogP contribution in [0.5, 0.6) is 0 Å². The third-order valence-electron chi connectivity index (χ3n) is 4.80. The fraction of sp³-hybridized carbons (Fsp3) is 0.474. The van der Waals surface area contributed by atoms with E-state index in [0.717, 1.165) is 5.82 Å². The van der Waals surface area contributed by atoms with E-state index in [1.807, 2.05) is 53.6 Å². The predicted molar refractivity (Wildman–Crippen MR) is 97.3 cm³/mol. The van der Waals surface area contributed by atoms with Crippen LogP contribution in [0.3, 0.4) is 0 Å². The first kappa shape index (κ1) is 18.1. The van der Waals surface area contributed by atoms with Gasteiger partial charge in [-0.3, -0.25) is 9.59 Å². The molecule has 3 rings (SSSR count). The zero-order valence-electron chi connectivity index (χ0n) is 15.3. The van der Waals surface area contributed by atoms with Crippen molar-refractivity contribution in [2.45, 2.75) is 39.3 Å². The molecule has 7 heteroatoms. The molecule has 0 atom stereocenters. The summed E-state index contributed by atoms with van der Waals surface area (Å²) in [5, 5.41) is 10.9. The fourth-order valence-electron chi connectivity index (χ4n) is 3.24. The van der Waals surface area contributed by atoms with Crippen molar-refractivity contribution < 1.29 is 9.59 Å². The van der Waals surface area contributed by atoms with Crippen molar-refractivity contribution in [3.63, 3.8) is 0 Å². The van der Waals surface area contributed by atoms with Crippen LogP contribution >= 0.6 is 0 Å². The van der Waals surface area contributed by atoms with Gasteiger partial charge in [0.1, 0.15) is 6.33 Å². The Morgan fingerprint density at radius 1 is 1.19 bits per heavy atom. The molecule has 138 valence electrons. The quantitative estimate of drug-likeness (QED) is 0.890. The highest BCUT2D eigenvalue weighted by Gasteiger charge is 2.27. The normalized spacial score (nSPS) is 15.3. The first-order valence-corrected chi connectivity index (χ1v) is 9.06. The smallest absolute Gasteiger partial charge is 0.253 e. The number of nitrogens with one attached hydrogen (secondary N) is 1. The summed E-state index contributed by atoms with van der Waals surface area (Å²) in [5.74, 6) is 0.750. The number of carbonyl (C=O) groups is 2. The van der Waals surface area contributed by atoms with Crippen molar-refractivity contribution in [3.05, 3.63) is 48.0 Å². The topological polar surface area (TPSA) is 80.1 Å². The van der Waals surface area contributed by atoms with Crippen molar-refractivity contribution in [3.8, 4) is 0 Å². The third-order valence-corrected chi connectivity index (χ3v) is 4.80. The van der Waals surface area contributed by atoms with E-state index in [-0.39, 0.29) is 23.8 Å². The number of hydrogen-bond acceptors (Lipinski definition) is 4. The molecule has 0 saturated carbocycles. The lowest BCUT2D eigenvalue weighted by Crippen LogP contribution is -2.43. The van der Waals surface area contributed by atoms with Crippen LogP contribution in [-0.4, -0.2) is 44.6 Å². The highest BCUT2D eigenvalue weighted by molar-refractivity contribution is 5.94. The minimum atomic E-state index is -0.0646. The first-order valence-electron chi connectivity index (χ1n) is 9.06. The molecule has 2 aromatic rings. The van der Waals surface area contributed by atoms with Crippen LogP contribution in [0.1, 0.15) is 48.9 Å². The van der Waals surface area contributed by atoms with Gasteiger partial charge in [0.2, 0.25) is 5.91 Å². The summed E-state index contributed by atoms with van der Waals surface area (Å²) in [6, 6.07) is 9.53. The predicted octanol–water partition coefficient (Wildman–Crippen LogP) is 2.03. The van der Waals surface area contributed by atoms with Crippen molar-refractivity contribution in [2.75, 3.05) is 13.1 Å². The van der Waals surface area contributed by atoms with E-state index in [4.69, 9.17) is 0 Å². The van der Waals surface area contributed by atoms with Crippen LogP contribution in [0.15, 0.2) is 36.7 Å². The molecule has 1 N–H and O–H groups in total. The third kappa shape index (κ3) is 4.09. The van der Waals surface area contributed by atoms with Crippen LogP contribution in [-0.2, 0) is 11.3 Å². The highest BCUT2D eigenvalue weighted by Crippen LogP contribution is 2.19. The van der Waals surface area contributed by atoms with Gasteiger partial charge < -0.3 is 14.8 Å². The Labute approximate surface area is 153 Å². The fourth-order valence-corrected chi connectivity index (χ4v) is 3.24. The maximum Gasteiger partial charge on any atom is 0.253 e. The van der Waals surface area contributed by atoms with Crippen LogP contribution in [0.2, 0.25) is 0 Å². The van der Waals surface area contributed by atoms with Crippen LogP contribution in [0, 0.1) is 5.92 Å². The lowest BCUT2D eigenvalue weighted by molar-refractivity contribution is -0.126. The largest absolute Gasteiger partial charge is 0.349 e. The van der Waals surface area contributed by atoms with E-state index in [2.05, 4.69) is 15.5 Å². The SMILES string of the molecule is CC(C)n1cnnc1CNC(=O)C1CCN(C(=O)c2ccccc2)CC1. The number of nitrogens with zero attached hydrogens (tertiary/aromatic N) is 4. The maximum atomic E-state index is 12.5. The van der Waals surface area contributed by atoms with Gasteiger partial charge in [-0.25, -0.2) is 0 Å². The molecule has 1 aliphatic heterocycles. The number of hydrogen-bond donors (Lipinski definition) is 1. The summed E-state index contributed by atoms with van der Waals surface area (Å²) >= 11 is 0. The van der Waals surface area contributed by atoms with Gasteiger partial charge in [0, 0.05) is 30.6 Å². The summed E-state index contributed by atoms with van der Waals surface area (Å²) in [6.45, 7) is 5.68. The second kappa shape index (κ2) is 8.12. The van der Waals surface area contributed by atoms with E-state index in [9.17, 15) is 9.59 Å². The number of amides is 2. The number of piperidine rings is 1. The molecule has 2 heterocycles. The lowest BCUT2D eigenvalue weighted by atomic mass is 9.95. The molecule has 1 saturated heterocycles. The van der Waals surface area contributed by atoms with Gasteiger partial charge in [-0.15, -0.1) is 10.2 Å². The average molecular weight is 355 g/mol. The Morgan fingerprint density at radius 2 is 1.88 bits per heavy atom. The number of benzene rings is 1. The molecule has 2 amide bonds. The molecule has 1 aromatic carbocycles. The molecule has 26 heavy (non-hydrogen) atoms. The van der Waals surface area contributed by atoms with Gasteiger partial charge in [0.05, 0.1) is 6.54 Å². The zero-order valence-corrected chi connectivity index (χ0v) is 15.3. The molecule has 0 bridgehead atoms. The highest BCUT2D eigenvalue weighted by atomic mass is 16.2. The Balaban J connectivity index is 1.49. The number of aromatic nitrogens is 3. The Hall–Kier alpha value is -2.70. The molecule has 7 nitrogen and oxygen atoms in total. The lowest BCUT2D eigenvalue weighted by Gasteiger charge is -2.31. The summed E-state index contributed by atoms with van der Waals surface area (Å²) < 4.78 is 1.95. The number of carbonyl (C=O) groups excluding carboxylic acids is 2. The molecule has 0 aliphatic carbocycles. The zero-order chi connectivity index (χ0) is 18.5. The van der Waals surface area contributed by atoms with E-state index in [1.54, 1.807) is 6.33 Å². The summed E-state index contributed by atoms with van der Waals surface area (Å²) in [5.41, 5.74) is 0.698. The van der Waals surface area contributed by atoms with Gasteiger partial charge in [-0.05, 0) is 38.8 Å². The van der Waals surface area contributed by atoms with Crippen molar-refractivity contribution in [1.82, 2.24) is 25.0 Å². The second-order valence-corrected chi connectivity index (χ2v) is 6.90. The van der Waals surface area contributed by atoms with E-state index < -0.39 is 0 Å². The van der Waals surface area contributed by atoms with E-state index >= 15 is 0 Å². The van der Waals surface area contributed by atoms with Gasteiger partial charge in [-0.2, -0.15) is 0 Å². The first-order chi connectivity index (χ1) is 12.6. The summed E-state index contributed by atoms with van der Waals surface area (Å²) in [7, 11) is 0. The van der Waals surface area contributed by atoms with E-state index in [1.165, 1.54) is 0 Å². The standard InChI is InChI=1S/C19H25N5O2/c1-14(2)24-13-21-22-17(24)12-20-18(25)15-8-10-23(11-9-15)19(26)16-6-4-3-5-7-16/h3-7,13-15H,8-12H2,1-2H3,(H,20,25). The average Bonchev–Trinajstić information content (AvgIpc) is 3.15. The molecular weight excluding hydrogens is 330 g/mol. The second-order valence-electron chi connectivity index (χ2n) is 6.90. The summed E-state index contributed by atoms with van der Waals surface area (Å²) in [6.07, 6.45) is 3.04. The van der Waals surface area contributed by atoms with Crippen molar-refractivity contribution in [2.24, 2.45) is 5.92 Å². The molecule has 1 aliphatic rings. The monoisotopic (exact) mass is 355 g/mol. The molecule has 1 aromatic heterocycles. The van der Waals surface area contributed by atoms with Crippen molar-refractivity contribution >= 4 is 11.8 Å². The van der Waals surface area contributed by atoms with Crippen molar-refractivity contribution in [1.29, 1.82) is 0 Å². The Morgan fingerprint density at radius 3 is 2.54 bits per heavy atom. The van der Waals surface area contributed by atoms with Crippen LogP contribution in [0.25, 0.3) is 0 Å². The Kier molecular flexibility index (Phi) is 5.65. The van der Waals surface area contributed by atoms with Gasteiger partial charge >= 0.3 is 0 Å². The van der Waals surface area contributed by atoms with Crippen LogP contribution < -0.4 is 5.32 Å². The van der Waals surface area contributed by atoms with Crippen LogP contribution in [0.4, 0.5) is 0 Å². The summed E-state index contributed by atoms with van der Waals surface area (Å²) in [4.78, 5) is 26.7. The molecule has 0 spiro atoms. The molecule has 0 unspecified atom stereocenters. The number of rotatable bonds is 5. The molecular formula is C19H25N5O2. The Bertz CT molecular complexity index is 748. The molecule has 1 fully saturated rings. The van der Waals surface area contributed by atoms with E-state index in [0.29, 0.717) is 38.0 Å². The minimum absolute atomic E-state index is 0.0233. The van der Waals surface area contributed by atoms with Gasteiger partial charge in [0.25, 0.3) is 5.91 Å². The van der Waals surface area contributed by atoms with Gasteiger partial charge in [-0.1, -0.05) is 18.2 Å². The molecule has 0 radical (unpaired) electrons. The number of likely N-dealkylation sites (tertiary alicyclic amines) is 1. The van der Waals surface area contributed by atoms with Gasteiger partial charge in [0.15, 0.2) is 5.82 Å².